The van der Waals surface area contributed by atoms with Gasteiger partial charge in [-0.15, -0.1) is 0 Å². The Bertz CT molecular complexity index is 588. The number of nitrogens with one attached hydrogen (secondary N) is 1. The number of hydrogen-bond acceptors (Lipinski definition) is 3. The Morgan fingerprint density at radius 3 is 2.42 bits per heavy atom. The summed E-state index contributed by atoms with van der Waals surface area (Å²) in [5.74, 6) is -0.180. The van der Waals surface area contributed by atoms with Crippen LogP contribution in [0.1, 0.15) is 21.5 Å². The molecule has 0 heterocycles. The molecule has 2 rings (SSSR count). The maximum Gasteiger partial charge on any atom is 0.251 e. The molecule has 0 unspecified atom stereocenters. The fourth-order valence-corrected chi connectivity index (χ4v) is 1.91. The minimum Gasteiger partial charge on any atom is -0.399 e. The lowest BCUT2D eigenvalue weighted by atomic mass is 10.1. The van der Waals surface area contributed by atoms with Crippen LogP contribution in [0.25, 0.3) is 0 Å². The van der Waals surface area contributed by atoms with Crippen molar-refractivity contribution in [2.75, 3.05) is 11.5 Å². The van der Waals surface area contributed by atoms with Gasteiger partial charge in [0.15, 0.2) is 0 Å². The summed E-state index contributed by atoms with van der Waals surface area (Å²) in [7, 11) is 0. The highest BCUT2D eigenvalue weighted by Crippen LogP contribution is 2.13. The van der Waals surface area contributed by atoms with Gasteiger partial charge < -0.3 is 16.8 Å². The van der Waals surface area contributed by atoms with Gasteiger partial charge in [-0.1, -0.05) is 29.8 Å². The van der Waals surface area contributed by atoms with Crippen LogP contribution >= 0.6 is 0 Å². The van der Waals surface area contributed by atoms with Crippen molar-refractivity contribution in [3.05, 3.63) is 59.2 Å². The lowest BCUT2D eigenvalue weighted by Crippen LogP contribution is -2.23. The van der Waals surface area contributed by atoms with E-state index in [0.29, 0.717) is 23.5 Å². The molecule has 0 saturated carbocycles. The Labute approximate surface area is 112 Å². The SMILES string of the molecule is Cc1cccc(CNC(=O)c2cc(N)cc(N)c2)c1. The predicted octanol–water partition coefficient (Wildman–Crippen LogP) is 2.09. The molecule has 1 amide bonds. The van der Waals surface area contributed by atoms with Crippen LogP contribution in [0.2, 0.25) is 0 Å². The lowest BCUT2D eigenvalue weighted by molar-refractivity contribution is 0.0951. The van der Waals surface area contributed by atoms with Crippen LogP contribution in [-0.4, -0.2) is 5.91 Å². The lowest BCUT2D eigenvalue weighted by Gasteiger charge is -2.07. The number of benzene rings is 2. The van der Waals surface area contributed by atoms with Crippen molar-refractivity contribution < 1.29 is 4.79 Å². The van der Waals surface area contributed by atoms with Gasteiger partial charge >= 0.3 is 0 Å². The van der Waals surface area contributed by atoms with Crippen molar-refractivity contribution in [3.63, 3.8) is 0 Å². The smallest absolute Gasteiger partial charge is 0.251 e. The van der Waals surface area contributed by atoms with Crippen molar-refractivity contribution in [1.29, 1.82) is 0 Å². The average Bonchev–Trinajstić information content (AvgIpc) is 2.35. The number of amides is 1. The van der Waals surface area contributed by atoms with Gasteiger partial charge in [0.25, 0.3) is 5.91 Å². The van der Waals surface area contributed by atoms with Crippen LogP contribution < -0.4 is 16.8 Å². The first-order valence-electron chi connectivity index (χ1n) is 6.04. The number of aryl methyl sites for hydroxylation is 1. The minimum atomic E-state index is -0.180. The molecule has 2 aromatic carbocycles. The molecule has 0 radical (unpaired) electrons. The molecular formula is C15H17N3O. The molecule has 4 nitrogen and oxygen atoms in total. The van der Waals surface area contributed by atoms with E-state index in [9.17, 15) is 4.79 Å². The number of nitrogen functional groups attached to an aromatic ring is 2. The second kappa shape index (κ2) is 5.44. The second-order valence-electron chi connectivity index (χ2n) is 4.56. The van der Waals surface area contributed by atoms with Crippen LogP contribution in [0.3, 0.4) is 0 Å². The van der Waals surface area contributed by atoms with Crippen molar-refractivity contribution in [2.24, 2.45) is 0 Å². The summed E-state index contributed by atoms with van der Waals surface area (Å²) in [4.78, 5) is 12.0. The van der Waals surface area contributed by atoms with Crippen LogP contribution in [0.5, 0.6) is 0 Å². The average molecular weight is 255 g/mol. The molecule has 5 N–H and O–H groups in total. The number of carbonyl (C=O) groups is 1. The third-order valence-electron chi connectivity index (χ3n) is 2.78. The van der Waals surface area contributed by atoms with E-state index < -0.39 is 0 Å². The highest BCUT2D eigenvalue weighted by molar-refractivity contribution is 5.96. The molecule has 0 aliphatic heterocycles. The fourth-order valence-electron chi connectivity index (χ4n) is 1.91. The molecule has 2 aromatic rings. The number of carbonyl (C=O) groups excluding carboxylic acids is 1. The van der Waals surface area contributed by atoms with E-state index in [4.69, 9.17) is 11.5 Å². The Balaban J connectivity index is 2.05. The summed E-state index contributed by atoms with van der Waals surface area (Å²) in [5.41, 5.74) is 15.0. The molecule has 0 bridgehead atoms. The first kappa shape index (κ1) is 13.0. The number of anilines is 2. The largest absolute Gasteiger partial charge is 0.399 e. The fraction of sp³-hybridized carbons (Fsp3) is 0.133. The van der Waals surface area contributed by atoms with E-state index >= 15 is 0 Å². The maximum atomic E-state index is 12.0. The topological polar surface area (TPSA) is 81.1 Å². The molecule has 0 aliphatic rings. The predicted molar refractivity (Wildman–Crippen MR) is 77.6 cm³/mol. The van der Waals surface area contributed by atoms with E-state index in [-0.39, 0.29) is 5.91 Å². The van der Waals surface area contributed by atoms with Gasteiger partial charge in [0.2, 0.25) is 0 Å². The Morgan fingerprint density at radius 2 is 1.79 bits per heavy atom. The van der Waals surface area contributed by atoms with Gasteiger partial charge in [0.05, 0.1) is 0 Å². The molecule has 0 aliphatic carbocycles. The Hall–Kier alpha value is -2.49. The zero-order valence-electron chi connectivity index (χ0n) is 10.8. The summed E-state index contributed by atoms with van der Waals surface area (Å²) in [6.45, 7) is 2.50. The highest BCUT2D eigenvalue weighted by atomic mass is 16.1. The third-order valence-corrected chi connectivity index (χ3v) is 2.78. The van der Waals surface area contributed by atoms with Gasteiger partial charge in [-0.05, 0) is 30.7 Å². The van der Waals surface area contributed by atoms with Crippen molar-refractivity contribution in [3.8, 4) is 0 Å². The van der Waals surface area contributed by atoms with Crippen LogP contribution in [0.4, 0.5) is 11.4 Å². The zero-order chi connectivity index (χ0) is 13.8. The molecule has 4 heteroatoms. The van der Waals surface area contributed by atoms with Crippen molar-refractivity contribution in [1.82, 2.24) is 5.32 Å². The zero-order valence-corrected chi connectivity index (χ0v) is 10.8. The molecular weight excluding hydrogens is 238 g/mol. The standard InChI is InChI=1S/C15H17N3O/c1-10-3-2-4-11(5-10)9-18-15(19)12-6-13(16)8-14(17)7-12/h2-8H,9,16-17H2,1H3,(H,18,19). The molecule has 0 fully saturated rings. The van der Waals surface area contributed by atoms with Gasteiger partial charge in [-0.3, -0.25) is 4.79 Å². The molecule has 0 saturated heterocycles. The van der Waals surface area contributed by atoms with E-state index in [2.05, 4.69) is 5.32 Å². The first-order chi connectivity index (χ1) is 9.04. The normalized spacial score (nSPS) is 10.2. The molecule has 0 spiro atoms. The van der Waals surface area contributed by atoms with E-state index in [0.717, 1.165) is 5.56 Å². The third kappa shape index (κ3) is 3.48. The molecule has 0 atom stereocenters. The summed E-state index contributed by atoms with van der Waals surface area (Å²) in [6.07, 6.45) is 0. The summed E-state index contributed by atoms with van der Waals surface area (Å²) < 4.78 is 0. The number of nitrogens with two attached hydrogens (primary N) is 2. The van der Waals surface area contributed by atoms with Crippen molar-refractivity contribution >= 4 is 17.3 Å². The van der Waals surface area contributed by atoms with Gasteiger partial charge in [0, 0.05) is 23.5 Å². The summed E-state index contributed by atoms with van der Waals surface area (Å²) >= 11 is 0. The van der Waals surface area contributed by atoms with Gasteiger partial charge in [-0.25, -0.2) is 0 Å². The number of rotatable bonds is 3. The first-order valence-corrected chi connectivity index (χ1v) is 6.04. The van der Waals surface area contributed by atoms with Gasteiger partial charge in [0.1, 0.15) is 0 Å². The van der Waals surface area contributed by atoms with Crippen LogP contribution in [0.15, 0.2) is 42.5 Å². The van der Waals surface area contributed by atoms with E-state index in [1.54, 1.807) is 18.2 Å². The Morgan fingerprint density at radius 1 is 1.11 bits per heavy atom. The monoisotopic (exact) mass is 255 g/mol. The van der Waals surface area contributed by atoms with E-state index in [1.807, 2.05) is 31.2 Å². The van der Waals surface area contributed by atoms with Crippen LogP contribution in [0, 0.1) is 6.92 Å². The highest BCUT2D eigenvalue weighted by Gasteiger charge is 2.06. The maximum absolute atomic E-state index is 12.0. The molecule has 0 aromatic heterocycles. The van der Waals surface area contributed by atoms with Gasteiger partial charge in [-0.2, -0.15) is 0 Å². The number of hydrogen-bond donors (Lipinski definition) is 3. The quantitative estimate of drug-likeness (QED) is 0.734. The summed E-state index contributed by atoms with van der Waals surface area (Å²) in [5, 5.41) is 2.85. The minimum absolute atomic E-state index is 0.180. The van der Waals surface area contributed by atoms with E-state index in [1.165, 1.54) is 5.56 Å². The molecule has 98 valence electrons. The van der Waals surface area contributed by atoms with Crippen molar-refractivity contribution in [2.45, 2.75) is 13.5 Å². The Kier molecular flexibility index (Phi) is 3.71. The molecule has 19 heavy (non-hydrogen) atoms. The second-order valence-corrected chi connectivity index (χ2v) is 4.56. The summed E-state index contributed by atoms with van der Waals surface area (Å²) in [6, 6.07) is 12.8. The van der Waals surface area contributed by atoms with Crippen LogP contribution in [-0.2, 0) is 6.54 Å².